The van der Waals surface area contributed by atoms with Gasteiger partial charge in [-0.2, -0.15) is 13.2 Å². The van der Waals surface area contributed by atoms with Gasteiger partial charge in [0.15, 0.2) is 11.5 Å². The highest BCUT2D eigenvalue weighted by molar-refractivity contribution is 5.85. The summed E-state index contributed by atoms with van der Waals surface area (Å²) in [6.45, 7) is 0. The van der Waals surface area contributed by atoms with E-state index in [1.54, 1.807) is 0 Å². The Hall–Kier alpha value is -1.38. The monoisotopic (exact) mass is 345 g/mol. The molecule has 0 fully saturated rings. The Morgan fingerprint density at radius 3 is 1.91 bits per heavy atom. The van der Waals surface area contributed by atoms with Crippen LogP contribution in [0.25, 0.3) is 0 Å². The Balaban J connectivity index is 0.00000441. The van der Waals surface area contributed by atoms with Gasteiger partial charge in [0.25, 0.3) is 0 Å². The number of hydrogen-bond donors (Lipinski definition) is 2. The van der Waals surface area contributed by atoms with Gasteiger partial charge in [0, 0.05) is 18.1 Å². The van der Waals surface area contributed by atoms with E-state index in [1.807, 2.05) is 0 Å². The summed E-state index contributed by atoms with van der Waals surface area (Å²) in [6.07, 6.45) is -6.71. The highest BCUT2D eigenvalue weighted by Crippen LogP contribution is 2.39. The third-order valence-corrected chi connectivity index (χ3v) is 2.99. The third kappa shape index (κ3) is 4.82. The second kappa shape index (κ2) is 8.30. The van der Waals surface area contributed by atoms with E-state index < -0.39 is 24.7 Å². The molecule has 0 aliphatic heterocycles. The molecule has 0 radical (unpaired) electrons. The summed E-state index contributed by atoms with van der Waals surface area (Å²) in [5.41, 5.74) is 5.17. The van der Waals surface area contributed by atoms with Crippen molar-refractivity contribution in [2.45, 2.75) is 24.7 Å². The van der Waals surface area contributed by atoms with E-state index in [-0.39, 0.29) is 29.5 Å². The van der Waals surface area contributed by atoms with E-state index in [0.29, 0.717) is 5.75 Å². The fourth-order valence-corrected chi connectivity index (χ4v) is 1.81. The molecule has 0 amide bonds. The molecular weight excluding hydrogens is 327 g/mol. The van der Waals surface area contributed by atoms with Gasteiger partial charge in [-0.1, -0.05) is 0 Å². The SMILES string of the molecule is COc1cc(OC)c([C@H](O)C[C@@H](N)C(F)(F)F)cc1OC.Cl. The van der Waals surface area contributed by atoms with E-state index >= 15 is 0 Å². The van der Waals surface area contributed by atoms with Crippen LogP contribution < -0.4 is 19.9 Å². The van der Waals surface area contributed by atoms with Crippen molar-refractivity contribution in [1.29, 1.82) is 0 Å². The van der Waals surface area contributed by atoms with Gasteiger partial charge in [-0.25, -0.2) is 0 Å². The number of rotatable bonds is 6. The molecule has 0 saturated heterocycles. The van der Waals surface area contributed by atoms with Gasteiger partial charge < -0.3 is 25.1 Å². The average Bonchev–Trinajstić information content (AvgIpc) is 2.44. The van der Waals surface area contributed by atoms with E-state index in [9.17, 15) is 18.3 Å². The van der Waals surface area contributed by atoms with Crippen LogP contribution in [0.2, 0.25) is 0 Å². The van der Waals surface area contributed by atoms with Gasteiger partial charge in [0.2, 0.25) is 0 Å². The summed E-state index contributed by atoms with van der Waals surface area (Å²) < 4.78 is 52.5. The highest BCUT2D eigenvalue weighted by atomic mass is 35.5. The molecule has 5 nitrogen and oxygen atoms in total. The first-order chi connectivity index (χ1) is 9.74. The molecular formula is C13H19ClF3NO4. The molecule has 0 spiro atoms. The molecule has 1 aromatic carbocycles. The van der Waals surface area contributed by atoms with Crippen molar-refractivity contribution in [2.24, 2.45) is 5.73 Å². The first-order valence-corrected chi connectivity index (χ1v) is 6.04. The number of halogens is 4. The topological polar surface area (TPSA) is 73.9 Å². The maximum atomic E-state index is 12.5. The predicted octanol–water partition coefficient (Wildman–Crippen LogP) is 2.45. The molecule has 1 aromatic rings. The van der Waals surface area contributed by atoms with Crippen molar-refractivity contribution in [3.05, 3.63) is 17.7 Å². The highest BCUT2D eigenvalue weighted by Gasteiger charge is 2.38. The molecule has 3 N–H and O–H groups in total. The third-order valence-electron chi connectivity index (χ3n) is 2.99. The summed E-state index contributed by atoms with van der Waals surface area (Å²) >= 11 is 0. The zero-order valence-electron chi connectivity index (χ0n) is 12.3. The molecule has 0 unspecified atom stereocenters. The number of benzene rings is 1. The standard InChI is InChI=1S/C13H18F3NO4.ClH/c1-19-9-6-11(21-3)10(20-2)4-7(9)8(18)5-12(17)13(14,15)16;/h4,6,8,12,18H,5,17H2,1-3H3;1H/t8-,12-;/m1./s1. The van der Waals surface area contributed by atoms with Crippen LogP contribution in [0.15, 0.2) is 12.1 Å². The van der Waals surface area contributed by atoms with Crippen LogP contribution in [0.5, 0.6) is 17.2 Å². The maximum absolute atomic E-state index is 12.5. The summed E-state index contributed by atoms with van der Waals surface area (Å²) in [6, 6.07) is 0.660. The van der Waals surface area contributed by atoms with Crippen LogP contribution in [-0.2, 0) is 0 Å². The smallest absolute Gasteiger partial charge is 0.403 e. The van der Waals surface area contributed by atoms with Crippen LogP contribution in [0.1, 0.15) is 18.1 Å². The lowest BCUT2D eigenvalue weighted by molar-refractivity contribution is -0.153. The molecule has 0 bridgehead atoms. The lowest BCUT2D eigenvalue weighted by atomic mass is 10.0. The Bertz CT molecular complexity index is 485. The molecule has 0 heterocycles. The fourth-order valence-electron chi connectivity index (χ4n) is 1.81. The van der Waals surface area contributed by atoms with Crippen molar-refractivity contribution < 1.29 is 32.5 Å². The first-order valence-electron chi connectivity index (χ1n) is 6.04. The van der Waals surface area contributed by atoms with Crippen molar-refractivity contribution >= 4 is 12.4 Å². The summed E-state index contributed by atoms with van der Waals surface area (Å²) in [5, 5.41) is 9.99. The number of methoxy groups -OCH3 is 3. The van der Waals surface area contributed by atoms with Gasteiger partial charge in [-0.15, -0.1) is 12.4 Å². The fraction of sp³-hybridized carbons (Fsp3) is 0.538. The van der Waals surface area contributed by atoms with Gasteiger partial charge in [0.05, 0.1) is 27.4 Å². The molecule has 0 saturated carbocycles. The van der Waals surface area contributed by atoms with Crippen LogP contribution in [0.4, 0.5) is 13.2 Å². The number of hydrogen-bond acceptors (Lipinski definition) is 5. The number of alkyl halides is 3. The molecule has 1 rings (SSSR count). The minimum absolute atomic E-state index is 0. The number of nitrogens with two attached hydrogens (primary N) is 1. The quantitative estimate of drug-likeness (QED) is 0.828. The normalized spacial score (nSPS) is 13.8. The van der Waals surface area contributed by atoms with Crippen molar-refractivity contribution in [3.8, 4) is 17.2 Å². The van der Waals surface area contributed by atoms with Crippen molar-refractivity contribution in [1.82, 2.24) is 0 Å². The largest absolute Gasteiger partial charge is 0.496 e. The average molecular weight is 346 g/mol. The van der Waals surface area contributed by atoms with Gasteiger partial charge in [0.1, 0.15) is 11.8 Å². The number of ether oxygens (including phenoxy) is 3. The van der Waals surface area contributed by atoms with Crippen LogP contribution >= 0.6 is 12.4 Å². The van der Waals surface area contributed by atoms with Crippen molar-refractivity contribution in [3.63, 3.8) is 0 Å². The Morgan fingerprint density at radius 2 is 1.50 bits per heavy atom. The second-order valence-corrected chi connectivity index (χ2v) is 4.35. The van der Waals surface area contributed by atoms with E-state index in [0.717, 1.165) is 0 Å². The van der Waals surface area contributed by atoms with Crippen LogP contribution in [-0.4, -0.2) is 38.7 Å². The molecule has 0 aromatic heterocycles. The second-order valence-electron chi connectivity index (χ2n) is 4.35. The Morgan fingerprint density at radius 1 is 1.05 bits per heavy atom. The van der Waals surface area contributed by atoms with Gasteiger partial charge in [-0.05, 0) is 6.07 Å². The van der Waals surface area contributed by atoms with Crippen molar-refractivity contribution in [2.75, 3.05) is 21.3 Å². The molecule has 22 heavy (non-hydrogen) atoms. The summed E-state index contributed by atoms with van der Waals surface area (Å²) in [7, 11) is 4.12. The maximum Gasteiger partial charge on any atom is 0.403 e. The lowest BCUT2D eigenvalue weighted by Gasteiger charge is -2.21. The first kappa shape index (κ1) is 20.6. The minimum Gasteiger partial charge on any atom is -0.496 e. The zero-order valence-corrected chi connectivity index (χ0v) is 13.1. The van der Waals surface area contributed by atoms with E-state index in [2.05, 4.69) is 0 Å². The van der Waals surface area contributed by atoms with Crippen LogP contribution in [0, 0.1) is 0 Å². The van der Waals surface area contributed by atoms with Gasteiger partial charge in [-0.3, -0.25) is 0 Å². The summed E-state index contributed by atoms with van der Waals surface area (Å²) in [5.74, 6) is 0.799. The van der Waals surface area contributed by atoms with Crippen LogP contribution in [0.3, 0.4) is 0 Å². The zero-order chi connectivity index (χ0) is 16.2. The molecule has 2 atom stereocenters. The van der Waals surface area contributed by atoms with E-state index in [4.69, 9.17) is 19.9 Å². The van der Waals surface area contributed by atoms with E-state index in [1.165, 1.54) is 33.5 Å². The molecule has 0 aliphatic rings. The van der Waals surface area contributed by atoms with Gasteiger partial charge >= 0.3 is 6.18 Å². The summed E-state index contributed by atoms with van der Waals surface area (Å²) in [4.78, 5) is 0. The number of aliphatic hydroxyl groups excluding tert-OH is 1. The Labute approximate surface area is 132 Å². The molecule has 128 valence electrons. The molecule has 9 heteroatoms. The number of aliphatic hydroxyl groups is 1. The predicted molar refractivity (Wildman–Crippen MR) is 77.0 cm³/mol. The minimum atomic E-state index is -4.58. The lowest BCUT2D eigenvalue weighted by Crippen LogP contribution is -2.38. The molecule has 0 aliphatic carbocycles. The Kier molecular flexibility index (Phi) is 7.78.